The molecule has 2 N–H and O–H groups in total. The number of hydrogen-bond donors (Lipinski definition) is 2. The molecule has 2 aliphatic heterocycles. The summed E-state index contributed by atoms with van der Waals surface area (Å²) in [5, 5.41) is 13.1. The number of nitrogens with one attached hydrogen (secondary N) is 1. The van der Waals surface area contributed by atoms with Gasteiger partial charge in [0.1, 0.15) is 11.6 Å². The third-order valence-corrected chi connectivity index (χ3v) is 5.45. The fourth-order valence-electron chi connectivity index (χ4n) is 4.05. The normalized spacial score (nSPS) is 20.8. The fourth-order valence-corrected chi connectivity index (χ4v) is 4.05. The predicted octanol–water partition coefficient (Wildman–Crippen LogP) is 3.86. The molecule has 2 fully saturated rings. The molecular formula is C21H28N4O. The van der Waals surface area contributed by atoms with Crippen molar-refractivity contribution >= 4 is 17.2 Å². The van der Waals surface area contributed by atoms with Crippen molar-refractivity contribution in [3.8, 4) is 5.75 Å². The SMILES string of the molecule is Oc1ccc(N2CCC[C@@H](Nc3cc(N4CCCCC4)ccn3)C2)cc1. The molecule has 2 aromatic rings. The lowest BCUT2D eigenvalue weighted by Crippen LogP contribution is -2.42. The van der Waals surface area contributed by atoms with Crippen LogP contribution in [0.1, 0.15) is 32.1 Å². The van der Waals surface area contributed by atoms with E-state index in [9.17, 15) is 5.11 Å². The summed E-state index contributed by atoms with van der Waals surface area (Å²) in [5.41, 5.74) is 2.46. The molecule has 0 radical (unpaired) electrons. The Bertz CT molecular complexity index is 712. The van der Waals surface area contributed by atoms with Crippen LogP contribution in [0.2, 0.25) is 0 Å². The monoisotopic (exact) mass is 352 g/mol. The van der Waals surface area contributed by atoms with Crippen molar-refractivity contribution in [2.75, 3.05) is 41.3 Å². The van der Waals surface area contributed by atoms with Gasteiger partial charge in [-0.05, 0) is 62.4 Å². The molecule has 0 saturated carbocycles. The molecule has 2 aliphatic rings. The lowest BCUT2D eigenvalue weighted by Gasteiger charge is -2.35. The minimum absolute atomic E-state index is 0.319. The zero-order chi connectivity index (χ0) is 17.8. The van der Waals surface area contributed by atoms with Crippen LogP contribution in [0.4, 0.5) is 17.2 Å². The molecule has 5 heteroatoms. The highest BCUT2D eigenvalue weighted by atomic mass is 16.3. The van der Waals surface area contributed by atoms with Crippen LogP contribution < -0.4 is 15.1 Å². The number of nitrogens with zero attached hydrogens (tertiary/aromatic N) is 3. The molecule has 0 amide bonds. The Labute approximate surface area is 155 Å². The second-order valence-electron chi connectivity index (χ2n) is 7.39. The second kappa shape index (κ2) is 7.85. The standard InChI is InChI=1S/C21H28N4O/c26-20-8-6-18(7-9-20)25-14-4-5-17(16-25)23-21-15-19(10-11-22-21)24-12-2-1-3-13-24/h6-11,15,17,26H,1-5,12-14,16H2,(H,22,23)/t17-/m1/s1. The number of phenolic OH excluding ortho intramolecular Hbond substituents is 1. The van der Waals surface area contributed by atoms with Crippen molar-refractivity contribution < 1.29 is 5.11 Å². The zero-order valence-electron chi connectivity index (χ0n) is 15.3. The van der Waals surface area contributed by atoms with Crippen LogP contribution in [0, 0.1) is 0 Å². The number of aromatic nitrogens is 1. The first-order valence-electron chi connectivity index (χ1n) is 9.79. The third kappa shape index (κ3) is 4.03. The highest BCUT2D eigenvalue weighted by Crippen LogP contribution is 2.25. The summed E-state index contributed by atoms with van der Waals surface area (Å²) in [5.74, 6) is 1.30. The first-order chi connectivity index (χ1) is 12.8. The molecule has 26 heavy (non-hydrogen) atoms. The van der Waals surface area contributed by atoms with E-state index in [1.165, 1.54) is 30.6 Å². The van der Waals surface area contributed by atoms with E-state index in [1.807, 2.05) is 18.3 Å². The molecule has 0 aliphatic carbocycles. The number of hydrogen-bond acceptors (Lipinski definition) is 5. The van der Waals surface area contributed by atoms with Gasteiger partial charge in [-0.15, -0.1) is 0 Å². The smallest absolute Gasteiger partial charge is 0.128 e. The first-order valence-corrected chi connectivity index (χ1v) is 9.79. The van der Waals surface area contributed by atoms with Crippen molar-refractivity contribution in [3.05, 3.63) is 42.6 Å². The lowest BCUT2D eigenvalue weighted by molar-refractivity contribution is 0.475. The summed E-state index contributed by atoms with van der Waals surface area (Å²) in [6.45, 7) is 4.33. The average molecular weight is 352 g/mol. The fraction of sp³-hybridized carbons (Fsp3) is 0.476. The van der Waals surface area contributed by atoms with E-state index in [0.29, 0.717) is 11.8 Å². The summed E-state index contributed by atoms with van der Waals surface area (Å²) in [6.07, 6.45) is 8.16. The molecular weight excluding hydrogens is 324 g/mol. The van der Waals surface area contributed by atoms with Gasteiger partial charge in [0.25, 0.3) is 0 Å². The molecule has 2 saturated heterocycles. The van der Waals surface area contributed by atoms with Crippen LogP contribution in [-0.2, 0) is 0 Å². The number of rotatable bonds is 4. The highest BCUT2D eigenvalue weighted by Gasteiger charge is 2.21. The molecule has 4 rings (SSSR count). The van der Waals surface area contributed by atoms with E-state index < -0.39 is 0 Å². The van der Waals surface area contributed by atoms with Crippen molar-refractivity contribution in [1.82, 2.24) is 4.98 Å². The Morgan fingerprint density at radius 3 is 2.46 bits per heavy atom. The molecule has 3 heterocycles. The Hall–Kier alpha value is -2.43. The van der Waals surface area contributed by atoms with Gasteiger partial charge >= 0.3 is 0 Å². The van der Waals surface area contributed by atoms with Gasteiger partial charge in [-0.2, -0.15) is 0 Å². The quantitative estimate of drug-likeness (QED) is 0.875. The maximum atomic E-state index is 9.49. The minimum atomic E-state index is 0.319. The van der Waals surface area contributed by atoms with E-state index in [-0.39, 0.29) is 0 Å². The summed E-state index contributed by atoms with van der Waals surface area (Å²) < 4.78 is 0. The molecule has 1 aromatic heterocycles. The number of aromatic hydroxyl groups is 1. The van der Waals surface area contributed by atoms with E-state index in [4.69, 9.17) is 0 Å². The molecule has 5 nitrogen and oxygen atoms in total. The molecule has 1 aromatic carbocycles. The number of piperidine rings is 2. The topological polar surface area (TPSA) is 51.6 Å². The highest BCUT2D eigenvalue weighted by molar-refractivity contribution is 5.55. The molecule has 0 bridgehead atoms. The van der Waals surface area contributed by atoms with Crippen LogP contribution in [0.5, 0.6) is 5.75 Å². The summed E-state index contributed by atoms with van der Waals surface area (Å²) in [6, 6.07) is 12.2. The number of phenols is 1. The zero-order valence-corrected chi connectivity index (χ0v) is 15.3. The average Bonchev–Trinajstić information content (AvgIpc) is 2.70. The maximum Gasteiger partial charge on any atom is 0.128 e. The van der Waals surface area contributed by atoms with Gasteiger partial charge in [0.2, 0.25) is 0 Å². The number of pyridine rings is 1. The first kappa shape index (κ1) is 17.0. The van der Waals surface area contributed by atoms with Crippen molar-refractivity contribution in [2.24, 2.45) is 0 Å². The van der Waals surface area contributed by atoms with E-state index in [1.54, 1.807) is 12.1 Å². The Kier molecular flexibility index (Phi) is 5.14. The van der Waals surface area contributed by atoms with Crippen molar-refractivity contribution in [1.29, 1.82) is 0 Å². The Balaban J connectivity index is 1.41. The van der Waals surface area contributed by atoms with Gasteiger partial charge in [0, 0.05) is 55.9 Å². The predicted molar refractivity (Wildman–Crippen MR) is 107 cm³/mol. The largest absolute Gasteiger partial charge is 0.508 e. The summed E-state index contributed by atoms with van der Waals surface area (Å²) in [7, 11) is 0. The molecule has 1 atom stereocenters. The summed E-state index contributed by atoms with van der Waals surface area (Å²) in [4.78, 5) is 9.40. The van der Waals surface area contributed by atoms with Crippen LogP contribution in [0.15, 0.2) is 42.6 Å². The van der Waals surface area contributed by atoms with E-state index >= 15 is 0 Å². The van der Waals surface area contributed by atoms with Crippen molar-refractivity contribution in [3.63, 3.8) is 0 Å². The van der Waals surface area contributed by atoms with Gasteiger partial charge in [0.15, 0.2) is 0 Å². The molecule has 0 spiro atoms. The second-order valence-corrected chi connectivity index (χ2v) is 7.39. The van der Waals surface area contributed by atoms with Gasteiger partial charge < -0.3 is 20.2 Å². The van der Waals surface area contributed by atoms with E-state index in [0.717, 1.165) is 44.8 Å². The summed E-state index contributed by atoms with van der Waals surface area (Å²) >= 11 is 0. The minimum Gasteiger partial charge on any atom is -0.508 e. The van der Waals surface area contributed by atoms with Crippen LogP contribution in [0.3, 0.4) is 0 Å². The van der Waals surface area contributed by atoms with Crippen LogP contribution in [0.25, 0.3) is 0 Å². The number of benzene rings is 1. The molecule has 138 valence electrons. The van der Waals surface area contributed by atoms with Gasteiger partial charge in [-0.3, -0.25) is 0 Å². The molecule has 0 unspecified atom stereocenters. The van der Waals surface area contributed by atoms with Gasteiger partial charge in [0.05, 0.1) is 0 Å². The van der Waals surface area contributed by atoms with Gasteiger partial charge in [-0.1, -0.05) is 0 Å². The Morgan fingerprint density at radius 2 is 1.65 bits per heavy atom. The Morgan fingerprint density at radius 1 is 0.885 bits per heavy atom. The third-order valence-electron chi connectivity index (χ3n) is 5.45. The lowest BCUT2D eigenvalue weighted by atomic mass is 10.0. The number of anilines is 3. The van der Waals surface area contributed by atoms with Crippen molar-refractivity contribution in [2.45, 2.75) is 38.1 Å². The van der Waals surface area contributed by atoms with E-state index in [2.05, 4.69) is 32.2 Å². The van der Waals surface area contributed by atoms with Gasteiger partial charge in [-0.25, -0.2) is 4.98 Å². The maximum absolute atomic E-state index is 9.49. The van der Waals surface area contributed by atoms with Crippen LogP contribution >= 0.6 is 0 Å². The van der Waals surface area contributed by atoms with Crippen LogP contribution in [-0.4, -0.2) is 42.3 Å².